The van der Waals surface area contributed by atoms with Gasteiger partial charge in [0, 0.05) is 11.8 Å². The van der Waals surface area contributed by atoms with Crippen molar-refractivity contribution >= 4 is 5.78 Å². The Morgan fingerprint density at radius 3 is 2.90 bits per heavy atom. The number of hydrogen-bond donors (Lipinski definition) is 1. The van der Waals surface area contributed by atoms with Crippen molar-refractivity contribution in [3.05, 3.63) is 34.9 Å². The number of ketones is 1. The number of allylic oxidation sites excluding steroid dienone is 5. The van der Waals surface area contributed by atoms with Gasteiger partial charge in [-0.25, -0.2) is 0 Å². The van der Waals surface area contributed by atoms with E-state index < -0.39 is 0 Å². The van der Waals surface area contributed by atoms with Crippen LogP contribution < -0.4 is 0 Å². The summed E-state index contributed by atoms with van der Waals surface area (Å²) < 4.78 is 0. The van der Waals surface area contributed by atoms with Gasteiger partial charge in [-0.15, -0.1) is 0 Å². The van der Waals surface area contributed by atoms with Crippen molar-refractivity contribution in [2.75, 3.05) is 0 Å². The highest BCUT2D eigenvalue weighted by Gasteiger charge is 2.51. The monoisotopic (exact) mass is 270 g/mol. The number of aliphatic hydroxyl groups excluding tert-OH is 1. The van der Waals surface area contributed by atoms with Gasteiger partial charge in [-0.3, -0.25) is 4.79 Å². The first kappa shape index (κ1) is 12.6. The maximum Gasteiger partial charge on any atom is 0.156 e. The molecule has 0 aromatic heterocycles. The molecule has 0 radical (unpaired) electrons. The minimum atomic E-state index is -0.180. The molecule has 2 nitrogen and oxygen atoms in total. The van der Waals surface area contributed by atoms with E-state index in [-0.39, 0.29) is 11.5 Å². The number of fused-ring (bicyclic) bond motifs is 4. The molecule has 0 spiro atoms. The summed E-state index contributed by atoms with van der Waals surface area (Å²) in [5, 5.41) is 10.3. The second kappa shape index (κ2) is 4.17. The van der Waals surface area contributed by atoms with Gasteiger partial charge in [-0.1, -0.05) is 19.1 Å². The average Bonchev–Trinajstić information content (AvgIpc) is 2.74. The maximum absolute atomic E-state index is 11.6. The average molecular weight is 270 g/mol. The van der Waals surface area contributed by atoms with Crippen molar-refractivity contribution in [2.45, 2.75) is 51.6 Å². The summed E-state index contributed by atoms with van der Waals surface area (Å²) in [6.45, 7) is 2.23. The van der Waals surface area contributed by atoms with E-state index in [4.69, 9.17) is 0 Å². The van der Waals surface area contributed by atoms with E-state index in [1.54, 1.807) is 0 Å². The summed E-state index contributed by atoms with van der Waals surface area (Å²) >= 11 is 0. The molecule has 0 aliphatic heterocycles. The molecule has 1 fully saturated rings. The van der Waals surface area contributed by atoms with Crippen molar-refractivity contribution in [1.29, 1.82) is 0 Å². The minimum Gasteiger partial charge on any atom is -0.392 e. The molecule has 20 heavy (non-hydrogen) atoms. The molecule has 1 N–H and O–H groups in total. The summed E-state index contributed by atoms with van der Waals surface area (Å²) in [7, 11) is 0. The van der Waals surface area contributed by atoms with Crippen molar-refractivity contribution in [1.82, 2.24) is 0 Å². The molecule has 0 aromatic rings. The highest BCUT2D eigenvalue weighted by atomic mass is 16.3. The lowest BCUT2D eigenvalue weighted by Crippen LogP contribution is -2.39. The van der Waals surface area contributed by atoms with E-state index in [0.29, 0.717) is 24.0 Å². The molecular formula is C18H22O2. The molecule has 106 valence electrons. The largest absolute Gasteiger partial charge is 0.392 e. The van der Waals surface area contributed by atoms with E-state index in [9.17, 15) is 9.90 Å². The van der Waals surface area contributed by atoms with E-state index in [0.717, 1.165) is 32.1 Å². The molecule has 2 heteroatoms. The topological polar surface area (TPSA) is 37.3 Å². The third-order valence-electron chi connectivity index (χ3n) is 6.19. The predicted octanol–water partition coefficient (Wildman–Crippen LogP) is 3.33. The van der Waals surface area contributed by atoms with Gasteiger partial charge in [0.15, 0.2) is 5.78 Å². The van der Waals surface area contributed by atoms with Gasteiger partial charge < -0.3 is 5.11 Å². The molecule has 0 amide bonds. The van der Waals surface area contributed by atoms with Crippen LogP contribution in [0.4, 0.5) is 0 Å². The van der Waals surface area contributed by atoms with E-state index >= 15 is 0 Å². The summed E-state index contributed by atoms with van der Waals surface area (Å²) in [6.07, 6.45) is 12.1. The molecule has 0 unspecified atom stereocenters. The van der Waals surface area contributed by atoms with Crippen molar-refractivity contribution in [3.63, 3.8) is 0 Å². The predicted molar refractivity (Wildman–Crippen MR) is 78.1 cm³/mol. The van der Waals surface area contributed by atoms with Crippen LogP contribution >= 0.6 is 0 Å². The Labute approximate surface area is 120 Å². The Kier molecular flexibility index (Phi) is 2.62. The highest BCUT2D eigenvalue weighted by molar-refractivity contribution is 5.93. The second-order valence-electron chi connectivity index (χ2n) is 7.11. The molecule has 4 atom stereocenters. The molecule has 0 bridgehead atoms. The first-order valence-corrected chi connectivity index (χ1v) is 7.94. The van der Waals surface area contributed by atoms with Crippen LogP contribution in [0.1, 0.15) is 45.4 Å². The van der Waals surface area contributed by atoms with Crippen LogP contribution in [-0.2, 0) is 4.79 Å². The number of hydrogen-bond acceptors (Lipinski definition) is 2. The van der Waals surface area contributed by atoms with Gasteiger partial charge in [0.25, 0.3) is 0 Å². The van der Waals surface area contributed by atoms with Crippen LogP contribution in [0.5, 0.6) is 0 Å². The number of carbonyl (C=O) groups excluding carboxylic acids is 1. The van der Waals surface area contributed by atoms with Gasteiger partial charge in [0.2, 0.25) is 0 Å². The normalized spacial score (nSPS) is 43.0. The lowest BCUT2D eigenvalue weighted by molar-refractivity contribution is -0.114. The Bertz CT molecular complexity index is 566. The molecule has 1 saturated carbocycles. The van der Waals surface area contributed by atoms with Gasteiger partial charge in [-0.05, 0) is 66.7 Å². The van der Waals surface area contributed by atoms with Crippen LogP contribution in [0.2, 0.25) is 0 Å². The highest BCUT2D eigenvalue weighted by Crippen LogP contribution is 2.57. The fourth-order valence-electron chi connectivity index (χ4n) is 4.99. The van der Waals surface area contributed by atoms with Crippen molar-refractivity contribution < 1.29 is 9.90 Å². The smallest absolute Gasteiger partial charge is 0.156 e. The van der Waals surface area contributed by atoms with Gasteiger partial charge in [0.05, 0.1) is 6.10 Å². The first-order valence-electron chi connectivity index (χ1n) is 7.94. The molecule has 4 rings (SSSR count). The third-order valence-corrected chi connectivity index (χ3v) is 6.19. The molecule has 0 saturated heterocycles. The second-order valence-corrected chi connectivity index (χ2v) is 7.11. The van der Waals surface area contributed by atoms with Crippen LogP contribution in [0, 0.1) is 17.3 Å². The fourth-order valence-corrected chi connectivity index (χ4v) is 4.99. The number of carbonyl (C=O) groups is 1. The summed E-state index contributed by atoms with van der Waals surface area (Å²) in [5.74, 6) is 1.48. The molecule has 4 aliphatic carbocycles. The van der Waals surface area contributed by atoms with Crippen LogP contribution in [-0.4, -0.2) is 17.0 Å². The van der Waals surface area contributed by atoms with E-state index in [1.165, 1.54) is 16.7 Å². The summed E-state index contributed by atoms with van der Waals surface area (Å²) in [6, 6.07) is 0. The van der Waals surface area contributed by atoms with Crippen LogP contribution in [0.15, 0.2) is 34.9 Å². The van der Waals surface area contributed by atoms with Gasteiger partial charge in [-0.2, -0.15) is 0 Å². The number of aliphatic hydroxyl groups is 1. The van der Waals surface area contributed by atoms with Crippen LogP contribution in [0.25, 0.3) is 0 Å². The quantitative estimate of drug-likeness (QED) is 0.733. The first-order chi connectivity index (χ1) is 9.59. The fraction of sp³-hybridized carbons (Fsp3) is 0.611. The summed E-state index contributed by atoms with van der Waals surface area (Å²) in [5.41, 5.74) is 4.19. The van der Waals surface area contributed by atoms with Crippen LogP contribution in [0.3, 0.4) is 0 Å². The van der Waals surface area contributed by atoms with E-state index in [1.807, 2.05) is 6.08 Å². The molecule has 4 aliphatic rings. The van der Waals surface area contributed by atoms with Crippen molar-refractivity contribution in [3.8, 4) is 0 Å². The Hall–Kier alpha value is -1.15. The standard InChI is InChI=1S/C18H22O2/c1-18-9-8-14-13-5-3-12(19)10-11(13)2-4-15(14)16(18)6-7-17(18)20/h8-10,15-17,20H,2-7H2,1H3/t15-,16+,17-,18+/m0/s1. The zero-order valence-electron chi connectivity index (χ0n) is 12.1. The molecule has 0 aromatic carbocycles. The van der Waals surface area contributed by atoms with E-state index in [2.05, 4.69) is 19.1 Å². The lowest BCUT2D eigenvalue weighted by Gasteiger charge is -2.44. The Balaban J connectivity index is 1.82. The Morgan fingerprint density at radius 1 is 1.20 bits per heavy atom. The van der Waals surface area contributed by atoms with Gasteiger partial charge >= 0.3 is 0 Å². The zero-order chi connectivity index (χ0) is 13.9. The zero-order valence-corrected chi connectivity index (χ0v) is 12.1. The molecule has 0 heterocycles. The minimum absolute atomic E-state index is 0.0274. The summed E-state index contributed by atoms with van der Waals surface area (Å²) in [4.78, 5) is 11.6. The maximum atomic E-state index is 11.6. The SMILES string of the molecule is C[C@@]12C=CC3=C4CCC(=O)C=C4CC[C@@H]3[C@H]1CC[C@@H]2O. The Morgan fingerprint density at radius 2 is 2.05 bits per heavy atom. The van der Waals surface area contributed by atoms with Gasteiger partial charge in [0.1, 0.15) is 0 Å². The third kappa shape index (κ3) is 1.57. The lowest BCUT2D eigenvalue weighted by atomic mass is 9.60. The molecular weight excluding hydrogens is 248 g/mol. The number of rotatable bonds is 0. The van der Waals surface area contributed by atoms with Crippen molar-refractivity contribution in [2.24, 2.45) is 17.3 Å².